The highest BCUT2D eigenvalue weighted by Crippen LogP contribution is 2.20. The zero-order valence-electron chi connectivity index (χ0n) is 10.4. The smallest absolute Gasteiger partial charge is 0.211 e. The van der Waals surface area contributed by atoms with Crippen LogP contribution >= 0.6 is 11.3 Å². The van der Waals surface area contributed by atoms with Crippen molar-refractivity contribution in [1.82, 2.24) is 19.7 Å². The van der Waals surface area contributed by atoms with Crippen molar-refractivity contribution >= 4 is 21.4 Å². The van der Waals surface area contributed by atoms with E-state index >= 15 is 0 Å². The number of hydrogen-bond donors (Lipinski definition) is 1. The van der Waals surface area contributed by atoms with Crippen LogP contribution in [0.4, 0.5) is 0 Å². The summed E-state index contributed by atoms with van der Waals surface area (Å²) in [4.78, 5) is 12.5. The molecule has 0 unspecified atom stereocenters. The number of rotatable bonds is 6. The van der Waals surface area contributed by atoms with E-state index in [1.807, 2.05) is 12.3 Å². The van der Waals surface area contributed by atoms with Crippen LogP contribution in [0.25, 0.3) is 10.7 Å². The molecule has 0 aromatic carbocycles. The van der Waals surface area contributed by atoms with Crippen molar-refractivity contribution in [2.45, 2.75) is 19.9 Å². The number of nitrogens with one attached hydrogen (secondary N) is 1. The minimum Gasteiger partial charge on any atom is -0.261 e. The molecule has 6 nitrogen and oxygen atoms in total. The van der Waals surface area contributed by atoms with Crippen LogP contribution in [0.2, 0.25) is 0 Å². The van der Waals surface area contributed by atoms with E-state index < -0.39 is 10.0 Å². The lowest BCUT2D eigenvalue weighted by atomic mass is 10.4. The first-order valence-electron chi connectivity index (χ1n) is 5.79. The van der Waals surface area contributed by atoms with Gasteiger partial charge in [-0.3, -0.25) is 9.97 Å². The second-order valence-electron chi connectivity index (χ2n) is 3.87. The van der Waals surface area contributed by atoms with Crippen molar-refractivity contribution in [2.75, 3.05) is 5.75 Å². The molecule has 0 radical (unpaired) electrons. The van der Waals surface area contributed by atoms with Gasteiger partial charge in [0.15, 0.2) is 0 Å². The highest BCUT2D eigenvalue weighted by Gasteiger charge is 2.10. The third-order valence-corrected chi connectivity index (χ3v) is 4.72. The van der Waals surface area contributed by atoms with Crippen molar-refractivity contribution in [1.29, 1.82) is 0 Å². The van der Waals surface area contributed by atoms with E-state index in [9.17, 15) is 8.42 Å². The van der Waals surface area contributed by atoms with Crippen LogP contribution in [0.3, 0.4) is 0 Å². The van der Waals surface area contributed by atoms with Gasteiger partial charge < -0.3 is 0 Å². The van der Waals surface area contributed by atoms with Gasteiger partial charge in [-0.25, -0.2) is 18.1 Å². The second-order valence-corrected chi connectivity index (χ2v) is 6.66. The number of hydrogen-bond acceptors (Lipinski definition) is 6. The molecule has 0 bridgehead atoms. The van der Waals surface area contributed by atoms with E-state index in [0.717, 1.165) is 5.01 Å². The van der Waals surface area contributed by atoms with E-state index in [1.54, 1.807) is 18.6 Å². The first-order chi connectivity index (χ1) is 9.11. The third kappa shape index (κ3) is 4.05. The summed E-state index contributed by atoms with van der Waals surface area (Å²) in [6.45, 7) is 2.04. The monoisotopic (exact) mass is 298 g/mol. The van der Waals surface area contributed by atoms with Crippen molar-refractivity contribution < 1.29 is 8.42 Å². The molecule has 8 heteroatoms. The summed E-state index contributed by atoms with van der Waals surface area (Å²) in [6.07, 6.45) is 5.42. The van der Waals surface area contributed by atoms with Gasteiger partial charge in [0, 0.05) is 17.8 Å². The molecule has 0 aliphatic rings. The van der Waals surface area contributed by atoms with Gasteiger partial charge in [0.25, 0.3) is 0 Å². The minimum atomic E-state index is -3.20. The number of aromatic nitrogens is 3. The lowest BCUT2D eigenvalue weighted by Gasteiger charge is -2.02. The molecule has 2 aromatic heterocycles. The molecule has 19 heavy (non-hydrogen) atoms. The number of sulfonamides is 1. The van der Waals surface area contributed by atoms with Crippen molar-refractivity contribution in [3.63, 3.8) is 0 Å². The van der Waals surface area contributed by atoms with Gasteiger partial charge in [0.2, 0.25) is 10.0 Å². The van der Waals surface area contributed by atoms with Crippen LogP contribution in [0.5, 0.6) is 0 Å². The standard InChI is InChI=1S/C11H14N4O2S2/c1-2-5-19(16,17)14-6-9-8-18-11(15-9)10-7-12-3-4-13-10/h3-4,7-8,14H,2,5-6H2,1H3. The molecule has 102 valence electrons. The topological polar surface area (TPSA) is 84.8 Å². The van der Waals surface area contributed by atoms with Crippen LogP contribution in [-0.2, 0) is 16.6 Å². The lowest BCUT2D eigenvalue weighted by Crippen LogP contribution is -2.25. The number of thiazole rings is 1. The zero-order chi connectivity index (χ0) is 13.7. The molecule has 2 rings (SSSR count). The Kier molecular flexibility index (Phi) is 4.56. The minimum absolute atomic E-state index is 0.133. The van der Waals surface area contributed by atoms with Crippen LogP contribution < -0.4 is 4.72 Å². The summed E-state index contributed by atoms with van der Waals surface area (Å²) in [6, 6.07) is 0. The van der Waals surface area contributed by atoms with Gasteiger partial charge in [0.1, 0.15) is 10.7 Å². The molecule has 0 aliphatic carbocycles. The maximum atomic E-state index is 11.5. The Balaban J connectivity index is 2.03. The molecule has 0 atom stereocenters. The normalized spacial score (nSPS) is 11.6. The maximum Gasteiger partial charge on any atom is 0.211 e. The second kappa shape index (κ2) is 6.18. The quantitative estimate of drug-likeness (QED) is 0.872. The molecule has 2 heterocycles. The first-order valence-corrected chi connectivity index (χ1v) is 8.32. The Bertz CT molecular complexity index is 625. The van der Waals surface area contributed by atoms with E-state index in [0.29, 0.717) is 17.8 Å². The fraction of sp³-hybridized carbons (Fsp3) is 0.364. The van der Waals surface area contributed by atoms with Crippen molar-refractivity contribution in [3.8, 4) is 10.7 Å². The molecular formula is C11H14N4O2S2. The highest BCUT2D eigenvalue weighted by molar-refractivity contribution is 7.89. The van der Waals surface area contributed by atoms with E-state index in [2.05, 4.69) is 19.7 Å². The molecule has 0 saturated carbocycles. The average Bonchev–Trinajstić information content (AvgIpc) is 2.86. The molecule has 0 aliphatic heterocycles. The number of nitrogens with zero attached hydrogens (tertiary/aromatic N) is 3. The summed E-state index contributed by atoms with van der Waals surface area (Å²) < 4.78 is 25.6. The Labute approximate surface area is 116 Å². The van der Waals surface area contributed by atoms with Gasteiger partial charge >= 0.3 is 0 Å². The van der Waals surface area contributed by atoms with Gasteiger partial charge in [-0.05, 0) is 6.42 Å². The predicted molar refractivity (Wildman–Crippen MR) is 74.1 cm³/mol. The Morgan fingerprint density at radius 1 is 1.37 bits per heavy atom. The summed E-state index contributed by atoms with van der Waals surface area (Å²) in [5, 5.41) is 2.55. The molecule has 0 fully saturated rings. The van der Waals surface area contributed by atoms with Crippen LogP contribution in [0.1, 0.15) is 19.0 Å². The Morgan fingerprint density at radius 3 is 2.89 bits per heavy atom. The Hall–Kier alpha value is -1.38. The van der Waals surface area contributed by atoms with Gasteiger partial charge in [-0.1, -0.05) is 6.92 Å². The van der Waals surface area contributed by atoms with Crippen LogP contribution in [-0.4, -0.2) is 29.1 Å². The fourth-order valence-electron chi connectivity index (χ4n) is 1.44. The first kappa shape index (κ1) is 14.0. The van der Waals surface area contributed by atoms with Crippen LogP contribution in [0, 0.1) is 0 Å². The van der Waals surface area contributed by atoms with Gasteiger partial charge in [-0.15, -0.1) is 11.3 Å². The lowest BCUT2D eigenvalue weighted by molar-refractivity contribution is 0.579. The highest BCUT2D eigenvalue weighted by atomic mass is 32.2. The summed E-state index contributed by atoms with van der Waals surface area (Å²) >= 11 is 1.42. The average molecular weight is 298 g/mol. The van der Waals surface area contributed by atoms with Gasteiger partial charge in [-0.2, -0.15) is 0 Å². The van der Waals surface area contributed by atoms with E-state index in [4.69, 9.17) is 0 Å². The van der Waals surface area contributed by atoms with Crippen molar-refractivity contribution in [2.24, 2.45) is 0 Å². The van der Waals surface area contributed by atoms with Crippen LogP contribution in [0.15, 0.2) is 24.0 Å². The van der Waals surface area contributed by atoms with E-state index in [-0.39, 0.29) is 12.3 Å². The SMILES string of the molecule is CCCS(=O)(=O)NCc1csc(-c2cnccn2)n1. The molecule has 1 N–H and O–H groups in total. The van der Waals surface area contributed by atoms with Gasteiger partial charge in [0.05, 0.1) is 24.2 Å². The molecule has 0 amide bonds. The molecule has 2 aromatic rings. The third-order valence-electron chi connectivity index (χ3n) is 2.28. The Morgan fingerprint density at radius 2 is 2.21 bits per heavy atom. The molecule has 0 spiro atoms. The predicted octanol–water partition coefficient (Wildman–Crippen LogP) is 1.43. The fourth-order valence-corrected chi connectivity index (χ4v) is 3.27. The summed E-state index contributed by atoms with van der Waals surface area (Å²) in [5.74, 6) is 0.133. The van der Waals surface area contributed by atoms with Crippen molar-refractivity contribution in [3.05, 3.63) is 29.7 Å². The van der Waals surface area contributed by atoms with E-state index in [1.165, 1.54) is 11.3 Å². The molecule has 0 saturated heterocycles. The largest absolute Gasteiger partial charge is 0.261 e. The summed E-state index contributed by atoms with van der Waals surface area (Å²) in [7, 11) is -3.20. The molecular weight excluding hydrogens is 284 g/mol. The maximum absolute atomic E-state index is 11.5. The zero-order valence-corrected chi connectivity index (χ0v) is 12.0. The summed E-state index contributed by atoms with van der Waals surface area (Å²) in [5.41, 5.74) is 1.38.